The van der Waals surface area contributed by atoms with Crippen LogP contribution >= 0.6 is 0 Å². The molecule has 0 saturated carbocycles. The fourth-order valence-electron chi connectivity index (χ4n) is 2.11. The van der Waals surface area contributed by atoms with Gasteiger partial charge >= 0.3 is 11.9 Å². The molecular formula is C11H14N4O4. The van der Waals surface area contributed by atoms with E-state index in [2.05, 4.69) is 4.98 Å². The van der Waals surface area contributed by atoms with E-state index in [9.17, 15) is 14.9 Å². The minimum absolute atomic E-state index is 0.176. The molecule has 1 saturated heterocycles. The molecule has 1 N–H and O–H groups in total. The predicted octanol–water partition coefficient (Wildman–Crippen LogP) is 1.10. The van der Waals surface area contributed by atoms with E-state index in [0.29, 0.717) is 31.9 Å². The number of aromatic nitrogens is 1. The number of nitro groups is 1. The zero-order chi connectivity index (χ0) is 14.0. The summed E-state index contributed by atoms with van der Waals surface area (Å²) >= 11 is 0. The van der Waals surface area contributed by atoms with E-state index in [0.717, 1.165) is 5.69 Å². The first-order valence-corrected chi connectivity index (χ1v) is 5.84. The SMILES string of the molecule is Cc1nc([N+](=O)[O-])ccc1N1CCN(C(=O)O)CC1. The molecule has 1 aromatic heterocycles. The van der Waals surface area contributed by atoms with Gasteiger partial charge in [-0.05, 0) is 16.0 Å². The molecule has 2 rings (SSSR count). The van der Waals surface area contributed by atoms with Crippen molar-refractivity contribution >= 4 is 17.6 Å². The van der Waals surface area contributed by atoms with E-state index in [4.69, 9.17) is 5.11 Å². The van der Waals surface area contributed by atoms with Gasteiger partial charge in [-0.1, -0.05) is 0 Å². The Kier molecular flexibility index (Phi) is 3.50. The maximum Gasteiger partial charge on any atom is 0.407 e. The van der Waals surface area contributed by atoms with Gasteiger partial charge < -0.3 is 25.0 Å². The molecule has 0 unspecified atom stereocenters. The smallest absolute Gasteiger partial charge is 0.407 e. The van der Waals surface area contributed by atoms with Crippen LogP contribution < -0.4 is 4.90 Å². The van der Waals surface area contributed by atoms with Crippen LogP contribution in [-0.4, -0.2) is 52.2 Å². The van der Waals surface area contributed by atoms with Crippen molar-refractivity contribution < 1.29 is 14.8 Å². The van der Waals surface area contributed by atoms with Crippen molar-refractivity contribution in [1.82, 2.24) is 9.88 Å². The Morgan fingerprint density at radius 2 is 2.00 bits per heavy atom. The lowest BCUT2D eigenvalue weighted by molar-refractivity contribution is -0.389. The fraction of sp³-hybridized carbons (Fsp3) is 0.455. The van der Waals surface area contributed by atoms with Crippen LogP contribution in [0.15, 0.2) is 12.1 Å². The molecule has 1 aliphatic heterocycles. The topological polar surface area (TPSA) is 99.8 Å². The van der Waals surface area contributed by atoms with Crippen molar-refractivity contribution in [1.29, 1.82) is 0 Å². The number of pyridine rings is 1. The van der Waals surface area contributed by atoms with Crippen LogP contribution in [-0.2, 0) is 0 Å². The van der Waals surface area contributed by atoms with E-state index in [-0.39, 0.29) is 5.82 Å². The Hall–Kier alpha value is -2.38. The van der Waals surface area contributed by atoms with Gasteiger partial charge in [0.05, 0.1) is 5.69 Å². The van der Waals surface area contributed by atoms with Gasteiger partial charge in [-0.15, -0.1) is 0 Å². The molecule has 0 aromatic carbocycles. The van der Waals surface area contributed by atoms with Gasteiger partial charge in [-0.25, -0.2) is 4.79 Å². The summed E-state index contributed by atoms with van der Waals surface area (Å²) in [4.78, 5) is 28.2. The summed E-state index contributed by atoms with van der Waals surface area (Å²) in [6.45, 7) is 3.68. The van der Waals surface area contributed by atoms with Crippen LogP contribution in [0.2, 0.25) is 0 Å². The monoisotopic (exact) mass is 266 g/mol. The molecule has 0 radical (unpaired) electrons. The van der Waals surface area contributed by atoms with E-state index in [1.807, 2.05) is 4.90 Å². The third kappa shape index (κ3) is 2.72. The summed E-state index contributed by atoms with van der Waals surface area (Å²) in [6.07, 6.45) is -0.918. The number of rotatable bonds is 2. The molecule has 8 nitrogen and oxygen atoms in total. The molecule has 102 valence electrons. The van der Waals surface area contributed by atoms with Crippen LogP contribution in [0.4, 0.5) is 16.3 Å². The van der Waals surface area contributed by atoms with Gasteiger partial charge in [0.15, 0.2) is 5.69 Å². The van der Waals surface area contributed by atoms with Crippen molar-refractivity contribution in [3.63, 3.8) is 0 Å². The minimum Gasteiger partial charge on any atom is -0.465 e. The highest BCUT2D eigenvalue weighted by Gasteiger charge is 2.23. The lowest BCUT2D eigenvalue weighted by atomic mass is 10.2. The third-order valence-electron chi connectivity index (χ3n) is 3.12. The molecule has 2 heterocycles. The quantitative estimate of drug-likeness (QED) is 0.635. The summed E-state index contributed by atoms with van der Waals surface area (Å²) in [7, 11) is 0. The zero-order valence-corrected chi connectivity index (χ0v) is 10.4. The van der Waals surface area contributed by atoms with Crippen molar-refractivity contribution in [3.05, 3.63) is 27.9 Å². The predicted molar refractivity (Wildman–Crippen MR) is 67.4 cm³/mol. The van der Waals surface area contributed by atoms with Crippen molar-refractivity contribution in [2.45, 2.75) is 6.92 Å². The molecule has 0 bridgehead atoms. The van der Waals surface area contributed by atoms with Gasteiger partial charge in [-0.3, -0.25) is 0 Å². The molecule has 1 aliphatic rings. The van der Waals surface area contributed by atoms with Gasteiger partial charge in [0.25, 0.3) is 0 Å². The molecule has 0 aliphatic carbocycles. The fourth-order valence-corrected chi connectivity index (χ4v) is 2.11. The molecule has 1 aromatic rings. The largest absolute Gasteiger partial charge is 0.465 e. The number of aryl methyl sites for hydroxylation is 1. The molecule has 0 atom stereocenters. The highest BCUT2D eigenvalue weighted by atomic mass is 16.6. The number of hydrogen-bond acceptors (Lipinski definition) is 5. The van der Waals surface area contributed by atoms with Gasteiger partial charge in [-0.2, -0.15) is 0 Å². The summed E-state index contributed by atoms with van der Waals surface area (Å²) in [5.74, 6) is -0.176. The van der Waals surface area contributed by atoms with E-state index < -0.39 is 11.0 Å². The average Bonchev–Trinajstić information content (AvgIpc) is 2.38. The molecule has 19 heavy (non-hydrogen) atoms. The van der Waals surface area contributed by atoms with Crippen LogP contribution in [0, 0.1) is 17.0 Å². The van der Waals surface area contributed by atoms with E-state index in [1.54, 1.807) is 13.0 Å². The van der Waals surface area contributed by atoms with Crippen molar-refractivity contribution in [2.75, 3.05) is 31.1 Å². The van der Waals surface area contributed by atoms with Crippen molar-refractivity contribution in [2.24, 2.45) is 0 Å². The minimum atomic E-state index is -0.918. The molecular weight excluding hydrogens is 252 g/mol. The van der Waals surface area contributed by atoms with Crippen LogP contribution in [0.5, 0.6) is 0 Å². The highest BCUT2D eigenvalue weighted by Crippen LogP contribution is 2.22. The lowest BCUT2D eigenvalue weighted by Crippen LogP contribution is -2.48. The molecule has 1 fully saturated rings. The Bertz CT molecular complexity index is 511. The highest BCUT2D eigenvalue weighted by molar-refractivity contribution is 5.65. The number of carbonyl (C=O) groups is 1. The second-order valence-electron chi connectivity index (χ2n) is 4.29. The third-order valence-corrected chi connectivity index (χ3v) is 3.12. The second-order valence-corrected chi connectivity index (χ2v) is 4.29. The first-order valence-electron chi connectivity index (χ1n) is 5.84. The molecule has 0 spiro atoms. The Morgan fingerprint density at radius 3 is 2.47 bits per heavy atom. The Balaban J connectivity index is 2.11. The number of amides is 1. The Labute approximate surface area is 109 Å². The van der Waals surface area contributed by atoms with Gasteiger partial charge in [0, 0.05) is 39.2 Å². The van der Waals surface area contributed by atoms with Gasteiger partial charge in [0.1, 0.15) is 0 Å². The van der Waals surface area contributed by atoms with Crippen LogP contribution in [0.25, 0.3) is 0 Å². The molecule has 1 amide bonds. The van der Waals surface area contributed by atoms with Crippen LogP contribution in [0.1, 0.15) is 5.69 Å². The normalized spacial score (nSPS) is 15.4. The first-order chi connectivity index (χ1) is 8.99. The number of anilines is 1. The zero-order valence-electron chi connectivity index (χ0n) is 10.4. The molecule has 8 heteroatoms. The first kappa shape index (κ1) is 13.1. The second kappa shape index (κ2) is 5.09. The van der Waals surface area contributed by atoms with Gasteiger partial charge in [0.2, 0.25) is 0 Å². The number of carboxylic acid groups (broad SMARTS) is 1. The maximum atomic E-state index is 10.8. The lowest BCUT2D eigenvalue weighted by Gasteiger charge is -2.34. The number of nitrogens with zero attached hydrogens (tertiary/aromatic N) is 4. The standard InChI is InChI=1S/C11H14N4O4/c1-8-9(2-3-10(12-8)15(18)19)13-4-6-14(7-5-13)11(16)17/h2-3H,4-7H2,1H3,(H,16,17). The summed E-state index contributed by atoms with van der Waals surface area (Å²) in [5, 5.41) is 19.5. The maximum absolute atomic E-state index is 10.8. The number of piperazine rings is 1. The number of hydrogen-bond donors (Lipinski definition) is 1. The van der Waals surface area contributed by atoms with E-state index in [1.165, 1.54) is 11.0 Å². The average molecular weight is 266 g/mol. The van der Waals surface area contributed by atoms with Crippen LogP contribution in [0.3, 0.4) is 0 Å². The summed E-state index contributed by atoms with van der Waals surface area (Å²) < 4.78 is 0. The summed E-state index contributed by atoms with van der Waals surface area (Å²) in [6, 6.07) is 3.03. The summed E-state index contributed by atoms with van der Waals surface area (Å²) in [5.41, 5.74) is 1.40. The van der Waals surface area contributed by atoms with E-state index >= 15 is 0 Å². The Morgan fingerprint density at radius 1 is 1.37 bits per heavy atom. The van der Waals surface area contributed by atoms with Crippen molar-refractivity contribution in [3.8, 4) is 0 Å².